The van der Waals surface area contributed by atoms with Crippen LogP contribution < -0.4 is 0 Å². The summed E-state index contributed by atoms with van der Waals surface area (Å²) in [5.74, 6) is 0. The molecular weight excluding hydrogens is 300 g/mol. The van der Waals surface area contributed by atoms with Crippen molar-refractivity contribution < 1.29 is 0 Å². The standard InChI is InChI=1S/C11H15BrN4S/c1-3-9(12)10-6-16(15-14-10)5-4-11-8(2)13-7-17-11/h6-7,9H,3-5H2,1-2H3. The lowest BCUT2D eigenvalue weighted by Gasteiger charge is -2.00. The number of aromatic nitrogens is 4. The summed E-state index contributed by atoms with van der Waals surface area (Å²) in [7, 11) is 0. The summed E-state index contributed by atoms with van der Waals surface area (Å²) in [6, 6.07) is 0. The summed E-state index contributed by atoms with van der Waals surface area (Å²) in [4.78, 5) is 5.87. The Bertz CT molecular complexity index is 479. The topological polar surface area (TPSA) is 43.6 Å². The highest BCUT2D eigenvalue weighted by Crippen LogP contribution is 2.23. The van der Waals surface area contributed by atoms with Crippen LogP contribution in [0, 0.1) is 6.92 Å². The van der Waals surface area contributed by atoms with Gasteiger partial charge in [0.1, 0.15) is 0 Å². The van der Waals surface area contributed by atoms with Gasteiger partial charge in [0.15, 0.2) is 0 Å². The average molecular weight is 315 g/mol. The first kappa shape index (κ1) is 12.7. The van der Waals surface area contributed by atoms with Crippen LogP contribution in [0.25, 0.3) is 0 Å². The highest BCUT2D eigenvalue weighted by Gasteiger charge is 2.09. The Hall–Kier alpha value is -0.750. The summed E-state index contributed by atoms with van der Waals surface area (Å²) in [6.07, 6.45) is 4.00. The number of halogens is 1. The maximum Gasteiger partial charge on any atom is 0.0963 e. The Kier molecular flexibility index (Phi) is 4.28. The Balaban J connectivity index is 1.96. The molecule has 0 radical (unpaired) electrons. The lowest BCUT2D eigenvalue weighted by Crippen LogP contribution is -2.01. The number of thiazole rings is 1. The number of hydrogen-bond acceptors (Lipinski definition) is 4. The fourth-order valence-electron chi connectivity index (χ4n) is 1.56. The fraction of sp³-hybridized carbons (Fsp3) is 0.545. The van der Waals surface area contributed by atoms with Crippen molar-refractivity contribution in [2.45, 2.75) is 38.1 Å². The number of hydrogen-bond donors (Lipinski definition) is 0. The monoisotopic (exact) mass is 314 g/mol. The molecule has 0 saturated carbocycles. The van der Waals surface area contributed by atoms with Gasteiger partial charge in [-0.2, -0.15) is 0 Å². The fourth-order valence-corrected chi connectivity index (χ4v) is 2.54. The second kappa shape index (κ2) is 5.73. The van der Waals surface area contributed by atoms with Crippen LogP contribution in [0.5, 0.6) is 0 Å². The molecule has 2 heterocycles. The van der Waals surface area contributed by atoms with E-state index in [-0.39, 0.29) is 0 Å². The Morgan fingerprint density at radius 3 is 3.00 bits per heavy atom. The second-order valence-corrected chi connectivity index (χ2v) is 5.94. The number of alkyl halides is 1. The molecule has 6 heteroatoms. The molecule has 2 rings (SSSR count). The molecule has 0 spiro atoms. The third-order valence-corrected chi connectivity index (χ3v) is 4.76. The van der Waals surface area contributed by atoms with Gasteiger partial charge in [-0.05, 0) is 13.3 Å². The predicted molar refractivity (Wildman–Crippen MR) is 72.5 cm³/mol. The van der Waals surface area contributed by atoms with Crippen LogP contribution in [0.15, 0.2) is 11.7 Å². The average Bonchev–Trinajstić information content (AvgIpc) is 2.94. The molecule has 4 nitrogen and oxygen atoms in total. The minimum Gasteiger partial charge on any atom is -0.252 e. The van der Waals surface area contributed by atoms with Gasteiger partial charge in [-0.3, -0.25) is 4.68 Å². The molecule has 0 fully saturated rings. The Morgan fingerprint density at radius 1 is 1.53 bits per heavy atom. The van der Waals surface area contributed by atoms with Gasteiger partial charge in [0.2, 0.25) is 0 Å². The molecule has 0 aliphatic heterocycles. The Morgan fingerprint density at radius 2 is 2.35 bits per heavy atom. The van der Waals surface area contributed by atoms with Crippen LogP contribution in [0.1, 0.15) is 34.4 Å². The van der Waals surface area contributed by atoms with Crippen LogP contribution in [0.4, 0.5) is 0 Å². The van der Waals surface area contributed by atoms with E-state index < -0.39 is 0 Å². The zero-order chi connectivity index (χ0) is 12.3. The molecular formula is C11H15BrN4S. The highest BCUT2D eigenvalue weighted by atomic mass is 79.9. The molecule has 92 valence electrons. The summed E-state index contributed by atoms with van der Waals surface area (Å²) < 4.78 is 1.90. The molecule has 0 aliphatic carbocycles. The minimum atomic E-state index is 0.307. The van der Waals surface area contributed by atoms with Crippen LogP contribution in [-0.4, -0.2) is 20.0 Å². The van der Waals surface area contributed by atoms with Crippen molar-refractivity contribution in [2.24, 2.45) is 0 Å². The van der Waals surface area contributed by atoms with E-state index in [1.165, 1.54) is 4.88 Å². The molecule has 0 aliphatic rings. The van der Waals surface area contributed by atoms with Gasteiger partial charge in [0.25, 0.3) is 0 Å². The molecule has 2 aromatic heterocycles. The van der Waals surface area contributed by atoms with E-state index in [0.29, 0.717) is 4.83 Å². The Labute approximate surface area is 113 Å². The molecule has 0 bridgehead atoms. The zero-order valence-corrected chi connectivity index (χ0v) is 12.3. The van der Waals surface area contributed by atoms with Crippen LogP contribution in [0.2, 0.25) is 0 Å². The minimum absolute atomic E-state index is 0.307. The molecule has 1 unspecified atom stereocenters. The van der Waals surface area contributed by atoms with Gasteiger partial charge in [0.05, 0.1) is 21.7 Å². The molecule has 0 saturated heterocycles. The van der Waals surface area contributed by atoms with E-state index >= 15 is 0 Å². The molecule has 0 amide bonds. The number of rotatable bonds is 5. The molecule has 17 heavy (non-hydrogen) atoms. The number of aryl methyl sites for hydroxylation is 3. The van der Waals surface area contributed by atoms with Gasteiger partial charge in [-0.15, -0.1) is 16.4 Å². The first-order valence-corrected chi connectivity index (χ1v) is 7.43. The van der Waals surface area contributed by atoms with Crippen molar-refractivity contribution in [3.63, 3.8) is 0 Å². The van der Waals surface area contributed by atoms with Crippen molar-refractivity contribution >= 4 is 27.3 Å². The summed E-state index contributed by atoms with van der Waals surface area (Å²) in [5, 5.41) is 8.30. The van der Waals surface area contributed by atoms with Crippen LogP contribution in [-0.2, 0) is 13.0 Å². The van der Waals surface area contributed by atoms with E-state index in [0.717, 1.165) is 30.8 Å². The molecule has 2 aromatic rings. The van der Waals surface area contributed by atoms with Crippen molar-refractivity contribution in [2.75, 3.05) is 0 Å². The zero-order valence-electron chi connectivity index (χ0n) is 9.93. The van der Waals surface area contributed by atoms with E-state index in [2.05, 4.69) is 38.1 Å². The SMILES string of the molecule is CCC(Br)c1cn(CCc2scnc2C)nn1. The highest BCUT2D eigenvalue weighted by molar-refractivity contribution is 9.09. The smallest absolute Gasteiger partial charge is 0.0963 e. The van der Waals surface area contributed by atoms with Crippen molar-refractivity contribution in [3.05, 3.63) is 28.0 Å². The normalized spacial score (nSPS) is 12.9. The van der Waals surface area contributed by atoms with Crippen LogP contribution in [0.3, 0.4) is 0 Å². The van der Waals surface area contributed by atoms with Crippen molar-refractivity contribution in [1.29, 1.82) is 0 Å². The third kappa shape index (κ3) is 3.13. The largest absolute Gasteiger partial charge is 0.252 e. The third-order valence-electron chi connectivity index (χ3n) is 2.65. The van der Waals surface area contributed by atoms with Crippen LogP contribution >= 0.6 is 27.3 Å². The van der Waals surface area contributed by atoms with Crippen molar-refractivity contribution in [3.8, 4) is 0 Å². The predicted octanol–water partition coefficient (Wildman–Crippen LogP) is 3.13. The summed E-state index contributed by atoms with van der Waals surface area (Å²) >= 11 is 5.28. The maximum absolute atomic E-state index is 4.24. The summed E-state index contributed by atoms with van der Waals surface area (Å²) in [6.45, 7) is 5.03. The van der Waals surface area contributed by atoms with E-state index in [9.17, 15) is 0 Å². The first-order chi connectivity index (χ1) is 8.20. The quantitative estimate of drug-likeness (QED) is 0.796. The lowest BCUT2D eigenvalue weighted by molar-refractivity contribution is 0.590. The second-order valence-electron chi connectivity index (χ2n) is 3.89. The van der Waals surface area contributed by atoms with E-state index in [1.807, 2.05) is 23.3 Å². The summed E-state index contributed by atoms with van der Waals surface area (Å²) in [5.41, 5.74) is 4.03. The molecule has 1 atom stereocenters. The van der Waals surface area contributed by atoms with Gasteiger partial charge >= 0.3 is 0 Å². The molecule has 0 N–H and O–H groups in total. The van der Waals surface area contributed by atoms with E-state index in [1.54, 1.807) is 11.3 Å². The van der Waals surface area contributed by atoms with Gasteiger partial charge in [-0.1, -0.05) is 28.1 Å². The first-order valence-electron chi connectivity index (χ1n) is 5.63. The van der Waals surface area contributed by atoms with Gasteiger partial charge < -0.3 is 0 Å². The molecule has 0 aromatic carbocycles. The lowest BCUT2D eigenvalue weighted by atomic mass is 10.3. The van der Waals surface area contributed by atoms with Gasteiger partial charge in [-0.25, -0.2) is 4.98 Å². The maximum atomic E-state index is 4.24. The van der Waals surface area contributed by atoms with E-state index in [4.69, 9.17) is 0 Å². The number of nitrogens with zero attached hydrogens (tertiary/aromatic N) is 4. The van der Waals surface area contributed by atoms with Crippen molar-refractivity contribution in [1.82, 2.24) is 20.0 Å². The van der Waals surface area contributed by atoms with Gasteiger partial charge in [0, 0.05) is 24.0 Å².